The number of benzene rings is 2. The standard InChI is InChI=1S/C17H17FO3/c1-17(2,3)21-16(20)12-6-4-11(5-7-12)13-8-9-14(18)15(19)10-13/h4-10,19H,1-3H3. The molecule has 1 N–H and O–H groups in total. The summed E-state index contributed by atoms with van der Waals surface area (Å²) in [5.74, 6) is -1.45. The van der Waals surface area contributed by atoms with Gasteiger partial charge in [-0.25, -0.2) is 9.18 Å². The van der Waals surface area contributed by atoms with Crippen molar-refractivity contribution in [3.63, 3.8) is 0 Å². The maximum atomic E-state index is 13.0. The van der Waals surface area contributed by atoms with E-state index >= 15 is 0 Å². The summed E-state index contributed by atoms with van der Waals surface area (Å²) < 4.78 is 18.3. The van der Waals surface area contributed by atoms with Crippen LogP contribution in [-0.4, -0.2) is 16.7 Å². The van der Waals surface area contributed by atoms with Gasteiger partial charge in [0.1, 0.15) is 5.60 Å². The van der Waals surface area contributed by atoms with E-state index in [9.17, 15) is 14.3 Å². The molecule has 0 bridgehead atoms. The molecule has 0 radical (unpaired) electrons. The molecule has 2 rings (SSSR count). The zero-order valence-corrected chi connectivity index (χ0v) is 12.2. The second-order valence-corrected chi connectivity index (χ2v) is 5.75. The minimum absolute atomic E-state index is 0.393. The van der Waals surface area contributed by atoms with Gasteiger partial charge in [0.15, 0.2) is 11.6 Å². The average Bonchev–Trinajstić information content (AvgIpc) is 2.40. The highest BCUT2D eigenvalue weighted by molar-refractivity contribution is 5.90. The molecule has 110 valence electrons. The molecule has 0 fully saturated rings. The monoisotopic (exact) mass is 288 g/mol. The van der Waals surface area contributed by atoms with E-state index in [0.717, 1.165) is 5.56 Å². The molecule has 0 aliphatic rings. The maximum absolute atomic E-state index is 13.0. The van der Waals surface area contributed by atoms with Crippen LogP contribution in [0.4, 0.5) is 4.39 Å². The van der Waals surface area contributed by atoms with Crippen LogP contribution in [0.3, 0.4) is 0 Å². The number of hydrogen-bond donors (Lipinski definition) is 1. The number of ether oxygens (including phenoxy) is 1. The molecule has 0 amide bonds. The van der Waals surface area contributed by atoms with E-state index in [1.807, 2.05) is 0 Å². The van der Waals surface area contributed by atoms with Gasteiger partial charge in [-0.05, 0) is 56.2 Å². The molecule has 2 aromatic rings. The van der Waals surface area contributed by atoms with Crippen LogP contribution >= 0.6 is 0 Å². The lowest BCUT2D eigenvalue weighted by atomic mass is 10.0. The fraction of sp³-hybridized carbons (Fsp3) is 0.235. The smallest absolute Gasteiger partial charge is 0.338 e. The third-order valence-corrected chi connectivity index (χ3v) is 2.80. The predicted octanol–water partition coefficient (Wildman–Crippen LogP) is 4.15. The van der Waals surface area contributed by atoms with E-state index in [-0.39, 0.29) is 0 Å². The minimum atomic E-state index is -0.663. The Bertz CT molecular complexity index is 655. The van der Waals surface area contributed by atoms with Crippen LogP contribution in [0.25, 0.3) is 11.1 Å². The average molecular weight is 288 g/mol. The maximum Gasteiger partial charge on any atom is 0.338 e. The third-order valence-electron chi connectivity index (χ3n) is 2.80. The van der Waals surface area contributed by atoms with Crippen LogP contribution in [-0.2, 0) is 4.74 Å². The first-order valence-electron chi connectivity index (χ1n) is 6.58. The van der Waals surface area contributed by atoms with Crippen LogP contribution in [0.5, 0.6) is 5.75 Å². The van der Waals surface area contributed by atoms with Gasteiger partial charge in [-0.15, -0.1) is 0 Å². The summed E-state index contributed by atoms with van der Waals surface area (Å²) in [6, 6.07) is 10.9. The van der Waals surface area contributed by atoms with Crippen molar-refractivity contribution in [2.24, 2.45) is 0 Å². The first-order chi connectivity index (χ1) is 9.76. The van der Waals surface area contributed by atoms with Crippen molar-refractivity contribution in [3.8, 4) is 16.9 Å². The van der Waals surface area contributed by atoms with Crippen LogP contribution in [0.2, 0.25) is 0 Å². The van der Waals surface area contributed by atoms with Gasteiger partial charge in [0, 0.05) is 0 Å². The lowest BCUT2D eigenvalue weighted by molar-refractivity contribution is 0.00695. The van der Waals surface area contributed by atoms with Crippen LogP contribution in [0, 0.1) is 5.82 Å². The lowest BCUT2D eigenvalue weighted by Gasteiger charge is -2.19. The highest BCUT2D eigenvalue weighted by Gasteiger charge is 2.17. The second-order valence-electron chi connectivity index (χ2n) is 5.75. The number of esters is 1. The molecule has 0 spiro atoms. The van der Waals surface area contributed by atoms with Crippen LogP contribution in [0.1, 0.15) is 31.1 Å². The number of carbonyl (C=O) groups excluding carboxylic acids is 1. The molecule has 0 aliphatic carbocycles. The van der Waals surface area contributed by atoms with Gasteiger partial charge in [0.05, 0.1) is 5.56 Å². The highest BCUT2D eigenvalue weighted by Crippen LogP contribution is 2.26. The lowest BCUT2D eigenvalue weighted by Crippen LogP contribution is -2.23. The van der Waals surface area contributed by atoms with Crippen molar-refractivity contribution in [3.05, 3.63) is 53.8 Å². The number of phenolic OH excluding ortho intramolecular Hbond substituents is 1. The number of halogens is 1. The Morgan fingerprint density at radius 3 is 2.14 bits per heavy atom. The molecule has 2 aromatic carbocycles. The van der Waals surface area contributed by atoms with E-state index in [1.54, 1.807) is 51.1 Å². The largest absolute Gasteiger partial charge is 0.505 e. The predicted molar refractivity (Wildman–Crippen MR) is 78.7 cm³/mol. The summed E-state index contributed by atoms with van der Waals surface area (Å²) in [6.45, 7) is 5.42. The number of aromatic hydroxyl groups is 1. The molecule has 0 saturated heterocycles. The quantitative estimate of drug-likeness (QED) is 0.844. The first-order valence-corrected chi connectivity index (χ1v) is 6.58. The molecule has 21 heavy (non-hydrogen) atoms. The molecular formula is C17H17FO3. The number of phenols is 1. The first kappa shape index (κ1) is 15.0. The van der Waals surface area contributed by atoms with Crippen molar-refractivity contribution in [1.82, 2.24) is 0 Å². The van der Waals surface area contributed by atoms with Crippen LogP contribution in [0.15, 0.2) is 42.5 Å². The Hall–Kier alpha value is -2.36. The molecule has 0 saturated carbocycles. The van der Waals surface area contributed by atoms with Gasteiger partial charge in [-0.2, -0.15) is 0 Å². The molecule has 0 aliphatic heterocycles. The number of carbonyl (C=O) groups is 1. The van der Waals surface area contributed by atoms with Gasteiger partial charge in [-0.1, -0.05) is 18.2 Å². The Labute approximate surface area is 123 Å². The summed E-state index contributed by atoms with van der Waals surface area (Å²) in [5, 5.41) is 9.38. The van der Waals surface area contributed by atoms with Crippen molar-refractivity contribution < 1.29 is 19.0 Å². The number of hydrogen-bond acceptors (Lipinski definition) is 3. The zero-order valence-electron chi connectivity index (χ0n) is 12.2. The molecule has 0 atom stereocenters. The number of rotatable bonds is 2. The second kappa shape index (κ2) is 5.56. The van der Waals surface area contributed by atoms with Gasteiger partial charge < -0.3 is 9.84 Å². The molecular weight excluding hydrogens is 271 g/mol. The Balaban J connectivity index is 2.22. The van der Waals surface area contributed by atoms with Gasteiger partial charge in [-0.3, -0.25) is 0 Å². The van der Waals surface area contributed by atoms with Gasteiger partial charge in [0.2, 0.25) is 0 Å². The van der Waals surface area contributed by atoms with Gasteiger partial charge in [0.25, 0.3) is 0 Å². The summed E-state index contributed by atoms with van der Waals surface area (Å²) in [5.41, 5.74) is 1.35. The van der Waals surface area contributed by atoms with E-state index in [1.165, 1.54) is 12.1 Å². The third kappa shape index (κ3) is 3.81. The Morgan fingerprint density at radius 1 is 1.05 bits per heavy atom. The zero-order chi connectivity index (χ0) is 15.6. The molecule has 0 unspecified atom stereocenters. The summed E-state index contributed by atoms with van der Waals surface area (Å²) in [6.07, 6.45) is 0. The van der Waals surface area contributed by atoms with E-state index in [2.05, 4.69) is 0 Å². The van der Waals surface area contributed by atoms with Crippen molar-refractivity contribution in [2.75, 3.05) is 0 Å². The van der Waals surface area contributed by atoms with Crippen LogP contribution < -0.4 is 0 Å². The summed E-state index contributed by atoms with van der Waals surface area (Å²) >= 11 is 0. The molecule has 0 aromatic heterocycles. The molecule has 4 heteroatoms. The summed E-state index contributed by atoms with van der Waals surface area (Å²) in [4.78, 5) is 11.9. The van der Waals surface area contributed by atoms with E-state index < -0.39 is 23.1 Å². The summed E-state index contributed by atoms with van der Waals surface area (Å²) in [7, 11) is 0. The van der Waals surface area contributed by atoms with Crippen molar-refractivity contribution in [2.45, 2.75) is 26.4 Å². The van der Waals surface area contributed by atoms with E-state index in [4.69, 9.17) is 4.74 Å². The minimum Gasteiger partial charge on any atom is -0.505 e. The fourth-order valence-electron chi connectivity index (χ4n) is 1.83. The molecule has 0 heterocycles. The van der Waals surface area contributed by atoms with Crippen molar-refractivity contribution >= 4 is 5.97 Å². The fourth-order valence-corrected chi connectivity index (χ4v) is 1.83. The topological polar surface area (TPSA) is 46.5 Å². The van der Waals surface area contributed by atoms with Gasteiger partial charge >= 0.3 is 5.97 Å². The Morgan fingerprint density at radius 2 is 1.62 bits per heavy atom. The normalized spacial score (nSPS) is 11.2. The van der Waals surface area contributed by atoms with Crippen molar-refractivity contribution in [1.29, 1.82) is 0 Å². The van der Waals surface area contributed by atoms with E-state index in [0.29, 0.717) is 11.1 Å². The molecule has 3 nitrogen and oxygen atoms in total. The Kier molecular flexibility index (Phi) is 3.98. The SMILES string of the molecule is CC(C)(C)OC(=O)c1ccc(-c2ccc(F)c(O)c2)cc1. The highest BCUT2D eigenvalue weighted by atomic mass is 19.1.